The van der Waals surface area contributed by atoms with Crippen molar-refractivity contribution < 1.29 is 23.0 Å². The number of halogens is 5. The van der Waals surface area contributed by atoms with Gasteiger partial charge >= 0.3 is 6.61 Å². The van der Waals surface area contributed by atoms with Gasteiger partial charge in [0, 0.05) is 17.6 Å². The number of benzene rings is 1. The molecule has 2 rings (SSSR count). The smallest absolute Gasteiger partial charge is 0.388 e. The van der Waals surface area contributed by atoms with Crippen molar-refractivity contribution in [3.8, 4) is 17.1 Å². The minimum atomic E-state index is -3.09. The van der Waals surface area contributed by atoms with Crippen molar-refractivity contribution in [2.45, 2.75) is 13.2 Å². The van der Waals surface area contributed by atoms with E-state index < -0.39 is 19.0 Å². The Labute approximate surface area is 127 Å². The lowest BCUT2D eigenvalue weighted by molar-refractivity contribution is -0.0552. The fraction of sp³-hybridized carbons (Fsp3) is 0.250. The van der Waals surface area contributed by atoms with Crippen molar-refractivity contribution in [2.75, 3.05) is 0 Å². The molecule has 0 bridgehead atoms. The van der Waals surface area contributed by atoms with E-state index in [9.17, 15) is 13.2 Å². The second-order valence-electron chi connectivity index (χ2n) is 4.05. The van der Waals surface area contributed by atoms with Crippen LogP contribution in [0.5, 0.6) is 5.88 Å². The molecule has 0 saturated carbocycles. The summed E-state index contributed by atoms with van der Waals surface area (Å²) < 4.78 is 43.8. The van der Waals surface area contributed by atoms with Gasteiger partial charge in [-0.1, -0.05) is 23.2 Å². The highest BCUT2D eigenvalue weighted by molar-refractivity contribution is 6.34. The van der Waals surface area contributed by atoms with Gasteiger partial charge < -0.3 is 9.84 Å². The summed E-state index contributed by atoms with van der Waals surface area (Å²) in [6, 6.07) is 2.24. The third-order valence-corrected chi connectivity index (χ3v) is 3.39. The molecular formula is C12H9Cl2F3N2O2. The summed E-state index contributed by atoms with van der Waals surface area (Å²) in [7, 11) is 1.33. The Hall–Kier alpha value is -1.44. The Kier molecular flexibility index (Phi) is 4.65. The van der Waals surface area contributed by atoms with Gasteiger partial charge in [0.05, 0.1) is 6.61 Å². The van der Waals surface area contributed by atoms with Crippen LogP contribution in [-0.2, 0) is 13.7 Å². The van der Waals surface area contributed by atoms with Crippen LogP contribution in [0.1, 0.15) is 5.56 Å². The number of nitrogens with zero attached hydrogens (tertiary/aromatic N) is 2. The van der Waals surface area contributed by atoms with E-state index in [1.165, 1.54) is 13.1 Å². The van der Waals surface area contributed by atoms with Gasteiger partial charge in [-0.15, -0.1) is 0 Å². The van der Waals surface area contributed by atoms with Gasteiger partial charge in [-0.05, 0) is 17.7 Å². The largest absolute Gasteiger partial charge is 0.416 e. The van der Waals surface area contributed by atoms with Crippen LogP contribution < -0.4 is 4.74 Å². The van der Waals surface area contributed by atoms with Gasteiger partial charge in [-0.25, -0.2) is 9.07 Å². The van der Waals surface area contributed by atoms with E-state index in [2.05, 4.69) is 9.84 Å². The van der Waals surface area contributed by atoms with E-state index in [4.69, 9.17) is 28.3 Å². The SMILES string of the molecule is Cn1nc(-c2cc(CO)c(Cl)cc2F)c(Cl)c1OC(F)F. The molecule has 0 aliphatic heterocycles. The standard InChI is InChI=1S/C12H9Cl2F3N2O2/c1-19-11(21-12(16)17)9(14)10(18-19)6-2-5(4-20)7(13)3-8(6)15/h2-3,12,20H,4H2,1H3. The third kappa shape index (κ3) is 3.09. The monoisotopic (exact) mass is 340 g/mol. The summed E-state index contributed by atoms with van der Waals surface area (Å²) in [5.74, 6) is -1.14. The highest BCUT2D eigenvalue weighted by Crippen LogP contribution is 2.38. The van der Waals surface area contributed by atoms with Crippen molar-refractivity contribution in [2.24, 2.45) is 7.05 Å². The maximum absolute atomic E-state index is 14.0. The molecule has 0 aliphatic rings. The van der Waals surface area contributed by atoms with Crippen LogP contribution in [0, 0.1) is 5.82 Å². The fourth-order valence-electron chi connectivity index (χ4n) is 1.76. The minimum absolute atomic E-state index is 0.0369. The number of hydrogen-bond donors (Lipinski definition) is 1. The highest BCUT2D eigenvalue weighted by atomic mass is 35.5. The van der Waals surface area contributed by atoms with Crippen LogP contribution in [0.4, 0.5) is 13.2 Å². The zero-order valence-electron chi connectivity index (χ0n) is 10.6. The second-order valence-corrected chi connectivity index (χ2v) is 4.84. The first-order valence-corrected chi connectivity index (χ1v) is 6.37. The Balaban J connectivity index is 2.57. The third-order valence-electron chi connectivity index (χ3n) is 2.70. The van der Waals surface area contributed by atoms with Crippen molar-refractivity contribution in [1.29, 1.82) is 0 Å². The average Bonchev–Trinajstić information content (AvgIpc) is 2.66. The summed E-state index contributed by atoms with van der Waals surface area (Å²) in [5, 5.41) is 12.8. The topological polar surface area (TPSA) is 47.3 Å². The zero-order chi connectivity index (χ0) is 15.7. The van der Waals surface area contributed by atoms with Gasteiger partial charge in [-0.3, -0.25) is 0 Å². The molecule has 0 atom stereocenters. The molecule has 1 N–H and O–H groups in total. The van der Waals surface area contributed by atoms with Crippen LogP contribution in [0.25, 0.3) is 11.3 Å². The molecule has 0 fully saturated rings. The summed E-state index contributed by atoms with van der Waals surface area (Å²) >= 11 is 11.7. The number of aryl methyl sites for hydroxylation is 1. The Morgan fingerprint density at radius 2 is 2.05 bits per heavy atom. The van der Waals surface area contributed by atoms with Crippen molar-refractivity contribution in [3.63, 3.8) is 0 Å². The van der Waals surface area contributed by atoms with Crippen LogP contribution in [0.15, 0.2) is 12.1 Å². The van der Waals surface area contributed by atoms with Crippen LogP contribution in [0.3, 0.4) is 0 Å². The normalized spacial score (nSPS) is 11.2. The molecule has 0 amide bonds. The molecule has 21 heavy (non-hydrogen) atoms. The quantitative estimate of drug-likeness (QED) is 0.924. The number of aliphatic hydroxyl groups is 1. The molecule has 0 aliphatic carbocycles. The number of hydrogen-bond acceptors (Lipinski definition) is 3. The molecule has 0 radical (unpaired) electrons. The number of aromatic nitrogens is 2. The van der Waals surface area contributed by atoms with Gasteiger partial charge in [0.2, 0.25) is 5.88 Å². The Morgan fingerprint density at radius 1 is 1.38 bits per heavy atom. The van der Waals surface area contributed by atoms with E-state index in [0.29, 0.717) is 0 Å². The Bertz CT molecular complexity index is 677. The lowest BCUT2D eigenvalue weighted by atomic mass is 10.1. The molecular weight excluding hydrogens is 332 g/mol. The summed E-state index contributed by atoms with van der Waals surface area (Å²) in [4.78, 5) is 0. The molecule has 0 spiro atoms. The van der Waals surface area contributed by atoms with Gasteiger partial charge in [-0.2, -0.15) is 13.9 Å². The minimum Gasteiger partial charge on any atom is -0.416 e. The maximum Gasteiger partial charge on any atom is 0.388 e. The second kappa shape index (κ2) is 6.13. The van der Waals surface area contributed by atoms with Gasteiger partial charge in [0.15, 0.2) is 0 Å². The summed E-state index contributed by atoms with van der Waals surface area (Å²) in [6.45, 7) is -3.51. The predicted octanol–water partition coefficient (Wildman–Crippen LogP) is 3.63. The molecule has 9 heteroatoms. The maximum atomic E-state index is 14.0. The molecule has 4 nitrogen and oxygen atoms in total. The first-order valence-electron chi connectivity index (χ1n) is 5.61. The Morgan fingerprint density at radius 3 is 2.62 bits per heavy atom. The summed E-state index contributed by atoms with van der Waals surface area (Å²) in [6.07, 6.45) is 0. The van der Waals surface area contributed by atoms with Crippen LogP contribution in [0.2, 0.25) is 10.0 Å². The van der Waals surface area contributed by atoms with Crippen LogP contribution in [-0.4, -0.2) is 21.5 Å². The number of rotatable bonds is 4. The first-order chi connectivity index (χ1) is 9.85. The molecule has 114 valence electrons. The molecule has 1 aromatic carbocycles. The van der Waals surface area contributed by atoms with E-state index in [1.54, 1.807) is 0 Å². The van der Waals surface area contributed by atoms with Gasteiger partial charge in [0.1, 0.15) is 16.5 Å². The lowest BCUT2D eigenvalue weighted by Crippen LogP contribution is -2.06. The fourth-order valence-corrected chi connectivity index (χ4v) is 2.28. The van der Waals surface area contributed by atoms with E-state index in [-0.39, 0.29) is 32.7 Å². The van der Waals surface area contributed by atoms with E-state index >= 15 is 0 Å². The summed E-state index contributed by atoms with van der Waals surface area (Å²) in [5.41, 5.74) is 0.0953. The molecule has 2 aromatic rings. The molecule has 1 heterocycles. The number of alkyl halides is 2. The lowest BCUT2D eigenvalue weighted by Gasteiger charge is -2.06. The predicted molar refractivity (Wildman–Crippen MR) is 71.2 cm³/mol. The molecule has 1 aromatic heterocycles. The average molecular weight is 341 g/mol. The van der Waals surface area contributed by atoms with E-state index in [0.717, 1.165) is 10.7 Å². The number of ether oxygens (including phenoxy) is 1. The molecule has 0 saturated heterocycles. The van der Waals surface area contributed by atoms with Crippen LogP contribution >= 0.6 is 23.2 Å². The zero-order valence-corrected chi connectivity index (χ0v) is 12.1. The van der Waals surface area contributed by atoms with Crippen molar-refractivity contribution in [1.82, 2.24) is 9.78 Å². The van der Waals surface area contributed by atoms with Gasteiger partial charge in [0.25, 0.3) is 0 Å². The van der Waals surface area contributed by atoms with Crippen molar-refractivity contribution >= 4 is 23.2 Å². The number of aliphatic hydroxyl groups excluding tert-OH is 1. The van der Waals surface area contributed by atoms with E-state index in [1.807, 2.05) is 0 Å². The highest BCUT2D eigenvalue weighted by Gasteiger charge is 2.23. The van der Waals surface area contributed by atoms with Crippen molar-refractivity contribution in [3.05, 3.63) is 33.6 Å². The first kappa shape index (κ1) is 15.9. The molecule has 0 unspecified atom stereocenters.